The average Bonchev–Trinajstić information content (AvgIpc) is 2.21. The summed E-state index contributed by atoms with van der Waals surface area (Å²) in [5.74, 6) is 2.24. The van der Waals surface area contributed by atoms with Gasteiger partial charge in [0, 0.05) is 18.0 Å². The number of anilines is 1. The first-order valence-corrected chi connectivity index (χ1v) is 7.11. The lowest BCUT2D eigenvalue weighted by molar-refractivity contribution is 0.0486. The number of aliphatic hydroxyl groups is 1. The second-order valence-corrected chi connectivity index (χ2v) is 6.83. The van der Waals surface area contributed by atoms with E-state index in [4.69, 9.17) is 0 Å². The van der Waals surface area contributed by atoms with Gasteiger partial charge in [0.15, 0.2) is 0 Å². The molecule has 1 fully saturated rings. The molecule has 18 heavy (non-hydrogen) atoms. The van der Waals surface area contributed by atoms with Crippen LogP contribution in [0, 0.1) is 5.92 Å². The Morgan fingerprint density at radius 3 is 2.61 bits per heavy atom. The largest absolute Gasteiger partial charge is 0.393 e. The highest BCUT2D eigenvalue weighted by molar-refractivity contribution is 9.10. The van der Waals surface area contributed by atoms with Gasteiger partial charge in [-0.1, -0.05) is 20.8 Å². The maximum Gasteiger partial charge on any atom is 0.137 e. The van der Waals surface area contributed by atoms with Crippen LogP contribution in [-0.4, -0.2) is 27.7 Å². The highest BCUT2D eigenvalue weighted by Crippen LogP contribution is 2.28. The van der Waals surface area contributed by atoms with Crippen molar-refractivity contribution < 1.29 is 5.11 Å². The van der Waals surface area contributed by atoms with Crippen LogP contribution in [0.2, 0.25) is 0 Å². The van der Waals surface area contributed by atoms with Crippen molar-refractivity contribution in [3.8, 4) is 0 Å². The van der Waals surface area contributed by atoms with E-state index in [0.717, 1.165) is 35.6 Å². The van der Waals surface area contributed by atoms with Gasteiger partial charge in [0.25, 0.3) is 0 Å². The van der Waals surface area contributed by atoms with Crippen molar-refractivity contribution in [2.45, 2.75) is 45.1 Å². The molecule has 0 spiro atoms. The van der Waals surface area contributed by atoms with Gasteiger partial charge < -0.3 is 10.4 Å². The van der Waals surface area contributed by atoms with Crippen LogP contribution < -0.4 is 5.32 Å². The second-order valence-electron chi connectivity index (χ2n) is 6.02. The molecule has 0 aliphatic heterocycles. The molecule has 1 heterocycles. The summed E-state index contributed by atoms with van der Waals surface area (Å²) >= 11 is 3.42. The predicted octanol–water partition coefficient (Wildman–Crippen LogP) is 2.72. The molecule has 0 unspecified atom stereocenters. The zero-order valence-electron chi connectivity index (χ0n) is 11.1. The zero-order chi connectivity index (χ0) is 13.3. The lowest BCUT2D eigenvalue weighted by Crippen LogP contribution is -2.33. The number of halogens is 1. The lowest BCUT2D eigenvalue weighted by atomic mass is 9.82. The van der Waals surface area contributed by atoms with E-state index in [1.807, 2.05) is 6.07 Å². The molecule has 100 valence electrons. The van der Waals surface area contributed by atoms with Crippen LogP contribution in [-0.2, 0) is 5.41 Å². The van der Waals surface area contributed by atoms with Crippen LogP contribution in [0.15, 0.2) is 10.7 Å². The Morgan fingerprint density at radius 2 is 2.06 bits per heavy atom. The number of nitrogens with zero attached hydrogens (tertiary/aromatic N) is 2. The fourth-order valence-corrected chi connectivity index (χ4v) is 2.34. The van der Waals surface area contributed by atoms with E-state index in [9.17, 15) is 5.11 Å². The normalized spacial score (nSPS) is 23.6. The van der Waals surface area contributed by atoms with Crippen LogP contribution >= 0.6 is 15.9 Å². The van der Waals surface area contributed by atoms with Crippen molar-refractivity contribution >= 4 is 21.7 Å². The molecule has 0 saturated heterocycles. The first-order valence-electron chi connectivity index (χ1n) is 6.31. The third kappa shape index (κ3) is 3.42. The topological polar surface area (TPSA) is 58.0 Å². The average molecular weight is 314 g/mol. The van der Waals surface area contributed by atoms with Gasteiger partial charge in [-0.3, -0.25) is 0 Å². The molecule has 0 bridgehead atoms. The molecular weight excluding hydrogens is 294 g/mol. The Bertz CT molecular complexity index is 425. The van der Waals surface area contributed by atoms with Gasteiger partial charge in [0.1, 0.15) is 16.2 Å². The molecule has 1 aromatic heterocycles. The molecule has 1 aliphatic rings. The van der Waals surface area contributed by atoms with Gasteiger partial charge in [0.05, 0.1) is 6.10 Å². The second kappa shape index (κ2) is 5.13. The van der Waals surface area contributed by atoms with E-state index in [1.165, 1.54) is 0 Å². The van der Waals surface area contributed by atoms with Gasteiger partial charge in [-0.2, -0.15) is 0 Å². The van der Waals surface area contributed by atoms with Crippen LogP contribution in [0.3, 0.4) is 0 Å². The van der Waals surface area contributed by atoms with Crippen molar-refractivity contribution in [2.24, 2.45) is 5.92 Å². The molecule has 2 N–H and O–H groups in total. The molecule has 2 rings (SSSR count). The van der Waals surface area contributed by atoms with Gasteiger partial charge in [-0.05, 0) is 34.7 Å². The van der Waals surface area contributed by atoms with E-state index >= 15 is 0 Å². The molecule has 1 saturated carbocycles. The quantitative estimate of drug-likeness (QED) is 0.842. The fraction of sp³-hybridized carbons (Fsp3) is 0.692. The van der Waals surface area contributed by atoms with Gasteiger partial charge in [0.2, 0.25) is 0 Å². The Hall–Kier alpha value is -0.680. The van der Waals surface area contributed by atoms with E-state index in [1.54, 1.807) is 0 Å². The number of aliphatic hydroxyl groups excluding tert-OH is 1. The van der Waals surface area contributed by atoms with Crippen molar-refractivity contribution in [1.82, 2.24) is 9.97 Å². The first kappa shape index (κ1) is 13.7. The molecule has 1 aromatic rings. The molecule has 0 radical (unpaired) electrons. The van der Waals surface area contributed by atoms with Crippen LogP contribution in [0.1, 0.15) is 39.4 Å². The van der Waals surface area contributed by atoms with E-state index in [2.05, 4.69) is 52.0 Å². The summed E-state index contributed by atoms with van der Waals surface area (Å²) in [5, 5.41) is 12.6. The Labute approximate surface area is 116 Å². The van der Waals surface area contributed by atoms with E-state index < -0.39 is 0 Å². The van der Waals surface area contributed by atoms with Crippen molar-refractivity contribution in [3.05, 3.63) is 16.5 Å². The minimum atomic E-state index is -0.0981. The van der Waals surface area contributed by atoms with Crippen LogP contribution in [0.4, 0.5) is 5.82 Å². The Morgan fingerprint density at radius 1 is 1.39 bits per heavy atom. The number of aromatic nitrogens is 2. The molecule has 4 nitrogen and oxygen atoms in total. The smallest absolute Gasteiger partial charge is 0.137 e. The van der Waals surface area contributed by atoms with E-state index in [-0.39, 0.29) is 11.5 Å². The highest BCUT2D eigenvalue weighted by atomic mass is 79.9. The number of hydrogen-bond acceptors (Lipinski definition) is 4. The fourth-order valence-electron chi connectivity index (χ4n) is 1.96. The minimum Gasteiger partial charge on any atom is -0.393 e. The third-order valence-electron chi connectivity index (χ3n) is 3.15. The van der Waals surface area contributed by atoms with Crippen LogP contribution in [0.25, 0.3) is 0 Å². The molecule has 0 amide bonds. The van der Waals surface area contributed by atoms with Crippen molar-refractivity contribution in [2.75, 3.05) is 11.9 Å². The number of hydrogen-bond donors (Lipinski definition) is 2. The third-order valence-corrected chi connectivity index (χ3v) is 3.55. The summed E-state index contributed by atoms with van der Waals surface area (Å²) in [6, 6.07) is 1.89. The van der Waals surface area contributed by atoms with E-state index in [0.29, 0.717) is 5.92 Å². The van der Waals surface area contributed by atoms with Gasteiger partial charge in [-0.25, -0.2) is 9.97 Å². The molecule has 1 aliphatic carbocycles. The highest BCUT2D eigenvalue weighted by Gasteiger charge is 2.27. The summed E-state index contributed by atoms with van der Waals surface area (Å²) in [5.41, 5.74) is -0.0626. The zero-order valence-corrected chi connectivity index (χ0v) is 12.7. The van der Waals surface area contributed by atoms with Gasteiger partial charge in [-0.15, -0.1) is 0 Å². The SMILES string of the molecule is CC(C)(C)c1nc(Br)cc(NCC2CC(O)C2)n1. The Balaban J connectivity index is 2.02. The number of nitrogens with one attached hydrogen (secondary N) is 1. The monoisotopic (exact) mass is 313 g/mol. The summed E-state index contributed by atoms with van der Waals surface area (Å²) < 4.78 is 0.804. The predicted molar refractivity (Wildman–Crippen MR) is 75.7 cm³/mol. The summed E-state index contributed by atoms with van der Waals surface area (Å²) in [6.45, 7) is 7.16. The summed E-state index contributed by atoms with van der Waals surface area (Å²) in [6.07, 6.45) is 1.69. The lowest BCUT2D eigenvalue weighted by Gasteiger charge is -2.31. The van der Waals surface area contributed by atoms with Crippen molar-refractivity contribution in [3.63, 3.8) is 0 Å². The molecule has 5 heteroatoms. The standard InChI is InChI=1S/C13H20BrN3O/c1-13(2,3)12-16-10(14)6-11(17-12)15-7-8-4-9(18)5-8/h6,8-9,18H,4-5,7H2,1-3H3,(H,15,16,17). The number of rotatable bonds is 3. The molecule has 0 aromatic carbocycles. The van der Waals surface area contributed by atoms with Crippen molar-refractivity contribution in [1.29, 1.82) is 0 Å². The van der Waals surface area contributed by atoms with Gasteiger partial charge >= 0.3 is 0 Å². The maximum absolute atomic E-state index is 9.25. The van der Waals surface area contributed by atoms with Crippen LogP contribution in [0.5, 0.6) is 0 Å². The summed E-state index contributed by atoms with van der Waals surface area (Å²) in [4.78, 5) is 8.94. The maximum atomic E-state index is 9.25. The first-order chi connectivity index (χ1) is 8.34. The summed E-state index contributed by atoms with van der Waals surface area (Å²) in [7, 11) is 0. The molecular formula is C13H20BrN3O. The molecule has 0 atom stereocenters. The Kier molecular flexibility index (Phi) is 3.92. The minimum absolute atomic E-state index is 0.0626.